The molecule has 1 aliphatic rings. The Kier molecular flexibility index (Phi) is 2.20. The van der Waals surface area contributed by atoms with Gasteiger partial charge in [-0.25, -0.2) is 9.97 Å². The SMILES string of the molecule is Cc1nc2c(nc1C)C=CC(C)(N)C=C2. The van der Waals surface area contributed by atoms with E-state index in [0.29, 0.717) is 0 Å². The van der Waals surface area contributed by atoms with Crippen LogP contribution >= 0.6 is 0 Å². The lowest BCUT2D eigenvalue weighted by Gasteiger charge is -2.12. The third-order valence-electron chi connectivity index (χ3n) is 2.56. The Labute approximate surface area is 89.7 Å². The van der Waals surface area contributed by atoms with E-state index >= 15 is 0 Å². The molecule has 0 saturated heterocycles. The first kappa shape index (κ1) is 10.1. The van der Waals surface area contributed by atoms with Gasteiger partial charge in [0.15, 0.2) is 0 Å². The molecule has 78 valence electrons. The Morgan fingerprint density at radius 3 is 1.80 bits per heavy atom. The van der Waals surface area contributed by atoms with Crippen LogP contribution in [0.3, 0.4) is 0 Å². The Hall–Kier alpha value is -1.48. The van der Waals surface area contributed by atoms with Crippen molar-refractivity contribution in [3.63, 3.8) is 0 Å². The molecule has 0 aromatic carbocycles. The minimum Gasteiger partial charge on any atom is -0.319 e. The maximum Gasteiger partial charge on any atom is 0.0887 e. The van der Waals surface area contributed by atoms with E-state index in [-0.39, 0.29) is 0 Å². The highest BCUT2D eigenvalue weighted by atomic mass is 14.8. The van der Waals surface area contributed by atoms with Gasteiger partial charge in [-0.1, -0.05) is 12.2 Å². The summed E-state index contributed by atoms with van der Waals surface area (Å²) in [7, 11) is 0. The number of hydrogen-bond acceptors (Lipinski definition) is 3. The topological polar surface area (TPSA) is 51.8 Å². The van der Waals surface area contributed by atoms with E-state index in [2.05, 4.69) is 9.97 Å². The molecule has 0 bridgehead atoms. The number of fused-ring (bicyclic) bond motifs is 1. The van der Waals surface area contributed by atoms with Crippen molar-refractivity contribution in [1.82, 2.24) is 9.97 Å². The molecule has 2 rings (SSSR count). The summed E-state index contributed by atoms with van der Waals surface area (Å²) in [5, 5.41) is 0. The van der Waals surface area contributed by atoms with E-state index in [9.17, 15) is 0 Å². The Balaban J connectivity index is 2.58. The van der Waals surface area contributed by atoms with Crippen molar-refractivity contribution in [3.8, 4) is 0 Å². The highest BCUT2D eigenvalue weighted by Gasteiger charge is 2.14. The van der Waals surface area contributed by atoms with Gasteiger partial charge in [0, 0.05) is 0 Å². The monoisotopic (exact) mass is 201 g/mol. The van der Waals surface area contributed by atoms with Crippen LogP contribution < -0.4 is 5.73 Å². The molecule has 0 radical (unpaired) electrons. The minimum absolute atomic E-state index is 0.413. The van der Waals surface area contributed by atoms with Crippen molar-refractivity contribution in [2.24, 2.45) is 5.73 Å². The zero-order valence-electron chi connectivity index (χ0n) is 9.28. The van der Waals surface area contributed by atoms with Gasteiger partial charge in [-0.3, -0.25) is 0 Å². The molecule has 3 nitrogen and oxygen atoms in total. The zero-order chi connectivity index (χ0) is 11.1. The summed E-state index contributed by atoms with van der Waals surface area (Å²) >= 11 is 0. The van der Waals surface area contributed by atoms with Crippen molar-refractivity contribution in [2.75, 3.05) is 0 Å². The highest BCUT2D eigenvalue weighted by Crippen LogP contribution is 2.18. The van der Waals surface area contributed by atoms with Gasteiger partial charge in [0.2, 0.25) is 0 Å². The highest BCUT2D eigenvalue weighted by molar-refractivity contribution is 5.64. The first-order chi connectivity index (χ1) is 6.98. The fourth-order valence-electron chi connectivity index (χ4n) is 1.46. The van der Waals surface area contributed by atoms with Crippen LogP contribution in [0, 0.1) is 13.8 Å². The second kappa shape index (κ2) is 3.28. The molecular formula is C12H15N3. The smallest absolute Gasteiger partial charge is 0.0887 e. The lowest BCUT2D eigenvalue weighted by atomic mass is 10.0. The van der Waals surface area contributed by atoms with Crippen LogP contribution in [0.15, 0.2) is 12.2 Å². The van der Waals surface area contributed by atoms with Crippen LogP contribution in [0.5, 0.6) is 0 Å². The number of aromatic nitrogens is 2. The Morgan fingerprint density at radius 1 is 1.00 bits per heavy atom. The fraction of sp³-hybridized carbons (Fsp3) is 0.333. The molecule has 1 aliphatic carbocycles. The van der Waals surface area contributed by atoms with Crippen LogP contribution in [-0.2, 0) is 0 Å². The number of nitrogens with zero attached hydrogens (tertiary/aromatic N) is 2. The van der Waals surface area contributed by atoms with Gasteiger partial charge in [0.25, 0.3) is 0 Å². The average Bonchev–Trinajstić information content (AvgIpc) is 2.29. The molecule has 0 unspecified atom stereocenters. The van der Waals surface area contributed by atoms with E-state index in [0.717, 1.165) is 22.8 Å². The predicted molar refractivity (Wildman–Crippen MR) is 62.2 cm³/mol. The van der Waals surface area contributed by atoms with Gasteiger partial charge < -0.3 is 5.73 Å². The zero-order valence-corrected chi connectivity index (χ0v) is 9.28. The summed E-state index contributed by atoms with van der Waals surface area (Å²) in [5.41, 5.74) is 9.31. The van der Waals surface area contributed by atoms with Gasteiger partial charge >= 0.3 is 0 Å². The van der Waals surface area contributed by atoms with E-state index in [1.165, 1.54) is 0 Å². The largest absolute Gasteiger partial charge is 0.319 e. The summed E-state index contributed by atoms with van der Waals surface area (Å²) < 4.78 is 0. The van der Waals surface area contributed by atoms with Gasteiger partial charge in [-0.05, 0) is 32.9 Å². The quantitative estimate of drug-likeness (QED) is 0.697. The lowest BCUT2D eigenvalue weighted by molar-refractivity contribution is 0.743. The summed E-state index contributed by atoms with van der Waals surface area (Å²) in [6.45, 7) is 5.88. The second-order valence-electron chi connectivity index (χ2n) is 4.20. The summed E-state index contributed by atoms with van der Waals surface area (Å²) in [6, 6.07) is 0. The number of rotatable bonds is 0. The molecular weight excluding hydrogens is 186 g/mol. The van der Waals surface area contributed by atoms with Gasteiger partial charge in [0.1, 0.15) is 0 Å². The van der Waals surface area contributed by atoms with Crippen LogP contribution in [0.25, 0.3) is 12.2 Å². The standard InChI is InChI=1S/C12H15N3/c1-8-9(2)15-11-5-7-12(3,13)6-4-10(11)14-8/h4-7H,13H2,1-3H3. The van der Waals surface area contributed by atoms with Crippen LogP contribution in [0.4, 0.5) is 0 Å². The van der Waals surface area contributed by atoms with Gasteiger partial charge in [-0.2, -0.15) is 0 Å². The number of nitrogens with two attached hydrogens (primary N) is 1. The first-order valence-corrected chi connectivity index (χ1v) is 5.00. The summed E-state index contributed by atoms with van der Waals surface area (Å²) in [5.74, 6) is 0. The van der Waals surface area contributed by atoms with Crippen LogP contribution in [0.2, 0.25) is 0 Å². The van der Waals surface area contributed by atoms with Crippen molar-refractivity contribution < 1.29 is 0 Å². The molecule has 1 heterocycles. The molecule has 0 amide bonds. The van der Waals surface area contributed by atoms with Gasteiger partial charge in [0.05, 0.1) is 28.3 Å². The summed E-state index contributed by atoms with van der Waals surface area (Å²) in [6.07, 6.45) is 7.76. The van der Waals surface area contributed by atoms with Crippen molar-refractivity contribution in [1.29, 1.82) is 0 Å². The number of hydrogen-bond donors (Lipinski definition) is 1. The molecule has 0 spiro atoms. The molecule has 0 saturated carbocycles. The average molecular weight is 201 g/mol. The van der Waals surface area contributed by atoms with E-state index < -0.39 is 5.54 Å². The van der Waals surface area contributed by atoms with Crippen molar-refractivity contribution >= 4 is 12.2 Å². The molecule has 0 aliphatic heterocycles. The Morgan fingerprint density at radius 2 is 1.40 bits per heavy atom. The van der Waals surface area contributed by atoms with E-state index in [1.54, 1.807) is 0 Å². The normalized spacial score (nSPS) is 17.3. The third-order valence-corrected chi connectivity index (χ3v) is 2.56. The van der Waals surface area contributed by atoms with Crippen molar-refractivity contribution in [2.45, 2.75) is 26.3 Å². The second-order valence-corrected chi connectivity index (χ2v) is 4.20. The molecule has 15 heavy (non-hydrogen) atoms. The number of aryl methyl sites for hydroxylation is 2. The fourth-order valence-corrected chi connectivity index (χ4v) is 1.46. The molecule has 1 aromatic heterocycles. The molecule has 1 aromatic rings. The van der Waals surface area contributed by atoms with E-state index in [4.69, 9.17) is 5.73 Å². The first-order valence-electron chi connectivity index (χ1n) is 5.00. The lowest BCUT2D eigenvalue weighted by Crippen LogP contribution is -2.30. The molecule has 3 heteroatoms. The summed E-state index contributed by atoms with van der Waals surface area (Å²) in [4.78, 5) is 8.97. The predicted octanol–water partition coefficient (Wildman–Crippen LogP) is 1.85. The minimum atomic E-state index is -0.413. The Bertz CT molecular complexity index is 415. The molecule has 0 fully saturated rings. The third kappa shape index (κ3) is 1.97. The van der Waals surface area contributed by atoms with Crippen LogP contribution in [-0.4, -0.2) is 15.5 Å². The maximum atomic E-state index is 6.00. The molecule has 2 N–H and O–H groups in total. The van der Waals surface area contributed by atoms with Crippen LogP contribution in [0.1, 0.15) is 29.7 Å². The van der Waals surface area contributed by atoms with E-state index in [1.807, 2.05) is 45.1 Å². The van der Waals surface area contributed by atoms with Gasteiger partial charge in [-0.15, -0.1) is 0 Å². The van der Waals surface area contributed by atoms with Crippen molar-refractivity contribution in [3.05, 3.63) is 34.9 Å². The maximum absolute atomic E-state index is 6.00. The molecule has 0 atom stereocenters.